The maximum Gasteiger partial charge on any atom is 0.311 e. The minimum absolute atomic E-state index is 0.00897. The number of hydrogen-bond donors (Lipinski definition) is 2. The van der Waals surface area contributed by atoms with Crippen molar-refractivity contribution < 1.29 is 24.5 Å². The lowest BCUT2D eigenvalue weighted by Crippen LogP contribution is -2.64. The number of fused-ring (bicyclic) bond motifs is 5. The Labute approximate surface area is 173 Å². The number of esters is 1. The first kappa shape index (κ1) is 21.0. The molecule has 0 unspecified atom stereocenters. The third-order valence-corrected chi connectivity index (χ3v) is 8.83. The lowest BCUT2D eigenvalue weighted by atomic mass is 9.45. The number of ketones is 1. The molecule has 0 amide bonds. The molecule has 0 spiro atoms. The highest BCUT2D eigenvalue weighted by Gasteiger charge is 2.67. The standard InChI is InChI=1S/C24H36O5/c1-21(2,3)20(27)29-19-6-5-17-22(19,4)10-9-18-23(14-25)11-8-16(26)13-15(23)7-12-24(17,18)28/h13,17-19,25,28H,5-12,14H2,1-4H3/t17-,18-,19+,22+,23-,24-/m1/s1. The summed E-state index contributed by atoms with van der Waals surface area (Å²) in [5, 5.41) is 22.5. The van der Waals surface area contributed by atoms with Gasteiger partial charge in [-0.3, -0.25) is 9.59 Å². The average Bonchev–Trinajstić information content (AvgIpc) is 2.98. The minimum Gasteiger partial charge on any atom is -0.461 e. The predicted molar refractivity (Wildman–Crippen MR) is 109 cm³/mol. The van der Waals surface area contributed by atoms with Crippen LogP contribution in [0.4, 0.5) is 0 Å². The number of rotatable bonds is 2. The van der Waals surface area contributed by atoms with E-state index in [-0.39, 0.29) is 41.7 Å². The van der Waals surface area contributed by atoms with E-state index in [4.69, 9.17) is 4.74 Å². The van der Waals surface area contributed by atoms with E-state index in [2.05, 4.69) is 6.92 Å². The second kappa shape index (κ2) is 6.65. The van der Waals surface area contributed by atoms with Gasteiger partial charge in [0.2, 0.25) is 0 Å². The smallest absolute Gasteiger partial charge is 0.311 e. The van der Waals surface area contributed by atoms with Crippen molar-refractivity contribution in [3.63, 3.8) is 0 Å². The van der Waals surface area contributed by atoms with Crippen LogP contribution >= 0.6 is 0 Å². The Balaban J connectivity index is 1.65. The third kappa shape index (κ3) is 2.95. The van der Waals surface area contributed by atoms with Crippen molar-refractivity contribution >= 4 is 11.8 Å². The van der Waals surface area contributed by atoms with E-state index in [1.807, 2.05) is 20.8 Å². The summed E-state index contributed by atoms with van der Waals surface area (Å²) in [6.07, 6.45) is 7.23. The number of aliphatic hydroxyl groups is 2. The van der Waals surface area contributed by atoms with Gasteiger partial charge in [-0.2, -0.15) is 0 Å². The number of carbonyl (C=O) groups excluding carboxylic acids is 2. The highest BCUT2D eigenvalue weighted by Crippen LogP contribution is 2.67. The van der Waals surface area contributed by atoms with E-state index < -0.39 is 16.4 Å². The van der Waals surface area contributed by atoms with Crippen LogP contribution in [0.2, 0.25) is 0 Å². The summed E-state index contributed by atoms with van der Waals surface area (Å²) < 4.78 is 5.99. The molecule has 0 aromatic carbocycles. The number of hydrogen-bond acceptors (Lipinski definition) is 5. The van der Waals surface area contributed by atoms with Gasteiger partial charge in [-0.05, 0) is 83.6 Å². The molecule has 0 aliphatic heterocycles. The molecule has 4 aliphatic rings. The molecule has 3 saturated carbocycles. The van der Waals surface area contributed by atoms with Crippen molar-refractivity contribution in [2.75, 3.05) is 6.61 Å². The molecular formula is C24H36O5. The summed E-state index contributed by atoms with van der Waals surface area (Å²) in [5.74, 6) is -0.0208. The van der Waals surface area contributed by atoms with E-state index in [0.29, 0.717) is 25.7 Å². The van der Waals surface area contributed by atoms with Crippen LogP contribution < -0.4 is 0 Å². The van der Waals surface area contributed by atoms with E-state index in [1.54, 1.807) is 6.08 Å². The van der Waals surface area contributed by atoms with Gasteiger partial charge in [0.05, 0.1) is 17.6 Å². The van der Waals surface area contributed by atoms with Crippen molar-refractivity contribution in [2.45, 2.75) is 90.8 Å². The molecule has 0 aromatic heterocycles. The van der Waals surface area contributed by atoms with E-state index >= 15 is 0 Å². The van der Waals surface area contributed by atoms with Gasteiger partial charge >= 0.3 is 5.97 Å². The van der Waals surface area contributed by atoms with Crippen LogP contribution in [0, 0.1) is 28.1 Å². The Morgan fingerprint density at radius 1 is 1.14 bits per heavy atom. The van der Waals surface area contributed by atoms with Crippen LogP contribution in [-0.2, 0) is 14.3 Å². The molecule has 3 fully saturated rings. The average molecular weight is 405 g/mol. The molecule has 0 heterocycles. The summed E-state index contributed by atoms with van der Waals surface area (Å²) >= 11 is 0. The lowest BCUT2D eigenvalue weighted by molar-refractivity contribution is -0.209. The first-order valence-electron chi connectivity index (χ1n) is 11.3. The normalized spacial score (nSPS) is 44.4. The van der Waals surface area contributed by atoms with Crippen LogP contribution in [0.1, 0.15) is 79.1 Å². The molecule has 0 saturated heterocycles. The molecule has 162 valence electrons. The first-order valence-corrected chi connectivity index (χ1v) is 11.3. The van der Waals surface area contributed by atoms with Gasteiger partial charge < -0.3 is 14.9 Å². The Morgan fingerprint density at radius 2 is 1.86 bits per heavy atom. The van der Waals surface area contributed by atoms with Crippen molar-refractivity contribution in [2.24, 2.45) is 28.1 Å². The van der Waals surface area contributed by atoms with Gasteiger partial charge in [0, 0.05) is 17.3 Å². The van der Waals surface area contributed by atoms with Gasteiger partial charge in [0.15, 0.2) is 5.78 Å². The number of carbonyl (C=O) groups is 2. The van der Waals surface area contributed by atoms with Crippen LogP contribution in [0.3, 0.4) is 0 Å². The van der Waals surface area contributed by atoms with E-state index in [1.165, 1.54) is 0 Å². The second-order valence-electron chi connectivity index (χ2n) is 11.3. The van der Waals surface area contributed by atoms with Crippen molar-refractivity contribution in [1.82, 2.24) is 0 Å². The van der Waals surface area contributed by atoms with Crippen molar-refractivity contribution in [3.8, 4) is 0 Å². The van der Waals surface area contributed by atoms with Gasteiger partial charge in [-0.1, -0.05) is 12.5 Å². The predicted octanol–water partition coefficient (Wildman–Crippen LogP) is 3.56. The van der Waals surface area contributed by atoms with Crippen molar-refractivity contribution in [1.29, 1.82) is 0 Å². The molecule has 4 aliphatic carbocycles. The Hall–Kier alpha value is -1.20. The van der Waals surface area contributed by atoms with Gasteiger partial charge in [0.25, 0.3) is 0 Å². The fourth-order valence-electron chi connectivity index (χ4n) is 7.17. The number of aliphatic hydroxyl groups excluding tert-OH is 1. The van der Waals surface area contributed by atoms with Crippen LogP contribution in [0.25, 0.3) is 0 Å². The Morgan fingerprint density at radius 3 is 2.52 bits per heavy atom. The summed E-state index contributed by atoms with van der Waals surface area (Å²) in [7, 11) is 0. The highest BCUT2D eigenvalue weighted by molar-refractivity contribution is 5.91. The van der Waals surface area contributed by atoms with Gasteiger partial charge in [0.1, 0.15) is 6.10 Å². The van der Waals surface area contributed by atoms with Crippen LogP contribution in [-0.4, -0.2) is 40.3 Å². The summed E-state index contributed by atoms with van der Waals surface area (Å²) in [5.41, 5.74) is -1.08. The zero-order chi connectivity index (χ0) is 21.2. The molecule has 5 nitrogen and oxygen atoms in total. The second-order valence-corrected chi connectivity index (χ2v) is 11.3. The maximum absolute atomic E-state index is 12.6. The third-order valence-electron chi connectivity index (χ3n) is 8.83. The maximum atomic E-state index is 12.6. The molecule has 6 atom stereocenters. The van der Waals surface area contributed by atoms with Crippen LogP contribution in [0.15, 0.2) is 11.6 Å². The van der Waals surface area contributed by atoms with Crippen molar-refractivity contribution in [3.05, 3.63) is 11.6 Å². The SMILES string of the molecule is CC(C)(C)C(=O)O[C@H]1CC[C@@H]2[C@]1(C)CC[C@@H]1[C@@]3(CO)CCC(=O)C=C3CC[C@]12O. The molecule has 0 bridgehead atoms. The monoisotopic (exact) mass is 404 g/mol. The molecule has 2 N–H and O–H groups in total. The Bertz CT molecular complexity index is 749. The zero-order valence-electron chi connectivity index (χ0n) is 18.3. The topological polar surface area (TPSA) is 83.8 Å². The first-order chi connectivity index (χ1) is 13.5. The highest BCUT2D eigenvalue weighted by atomic mass is 16.5. The quantitative estimate of drug-likeness (QED) is 0.688. The van der Waals surface area contributed by atoms with E-state index in [0.717, 1.165) is 31.3 Å². The summed E-state index contributed by atoms with van der Waals surface area (Å²) in [6, 6.07) is 0. The molecule has 29 heavy (non-hydrogen) atoms. The zero-order valence-corrected chi connectivity index (χ0v) is 18.3. The number of ether oxygens (including phenoxy) is 1. The lowest BCUT2D eigenvalue weighted by Gasteiger charge is -2.62. The fraction of sp³-hybridized carbons (Fsp3) is 0.833. The van der Waals surface area contributed by atoms with Crippen LogP contribution in [0.5, 0.6) is 0 Å². The van der Waals surface area contributed by atoms with E-state index in [9.17, 15) is 19.8 Å². The summed E-state index contributed by atoms with van der Waals surface area (Å²) in [4.78, 5) is 24.6. The van der Waals surface area contributed by atoms with Gasteiger partial charge in [-0.15, -0.1) is 0 Å². The molecular weight excluding hydrogens is 368 g/mol. The molecule has 5 heteroatoms. The largest absolute Gasteiger partial charge is 0.461 e. The van der Waals surface area contributed by atoms with Gasteiger partial charge in [-0.25, -0.2) is 0 Å². The minimum atomic E-state index is -0.879. The Kier molecular flexibility index (Phi) is 4.83. The molecule has 0 aromatic rings. The molecule has 4 rings (SSSR count). The fourth-order valence-corrected chi connectivity index (χ4v) is 7.17. The summed E-state index contributed by atoms with van der Waals surface area (Å²) in [6.45, 7) is 7.79. The molecule has 0 radical (unpaired) electrons.